The van der Waals surface area contributed by atoms with Gasteiger partial charge in [0.05, 0.1) is 16.0 Å². The number of hydrogen-bond acceptors (Lipinski definition) is 3. The number of rotatable bonds is 1. The minimum Gasteiger partial charge on any atom is -0.398 e. The molecule has 0 aliphatic carbocycles. The van der Waals surface area contributed by atoms with Gasteiger partial charge in [-0.15, -0.1) is 11.3 Å². The average molecular weight is 202 g/mol. The third kappa shape index (κ3) is 1.24. The number of nitrogens with two attached hydrogens (primary N) is 1. The van der Waals surface area contributed by atoms with E-state index in [9.17, 15) is 0 Å². The maximum atomic E-state index is 8.98. The number of nitriles is 1. The monoisotopic (exact) mass is 202 g/mol. The summed E-state index contributed by atoms with van der Waals surface area (Å²) in [7, 11) is 0. The van der Waals surface area contributed by atoms with Gasteiger partial charge in [0.1, 0.15) is 6.07 Å². The van der Waals surface area contributed by atoms with Gasteiger partial charge < -0.3 is 5.73 Å². The van der Waals surface area contributed by atoms with E-state index in [-0.39, 0.29) is 0 Å². The highest BCUT2D eigenvalue weighted by atomic mass is 32.1. The molecule has 2 nitrogen and oxygen atoms in total. The summed E-state index contributed by atoms with van der Waals surface area (Å²) in [4.78, 5) is 1.29. The smallest absolute Gasteiger partial charge is 0.103 e. The highest BCUT2D eigenvalue weighted by Crippen LogP contribution is 2.31. The molecule has 0 bridgehead atoms. The van der Waals surface area contributed by atoms with E-state index in [1.165, 1.54) is 4.88 Å². The van der Waals surface area contributed by atoms with Crippen LogP contribution in [0.5, 0.6) is 0 Å². The van der Waals surface area contributed by atoms with E-state index in [0.29, 0.717) is 11.3 Å². The summed E-state index contributed by atoms with van der Waals surface area (Å²) in [5, 5.41) is 10.1. The molecule has 1 aromatic carbocycles. The van der Waals surface area contributed by atoms with Crippen molar-refractivity contribution in [2.75, 3.05) is 5.73 Å². The van der Waals surface area contributed by atoms with Gasteiger partial charge in [-0.3, -0.25) is 0 Å². The standard InChI is InChI=1S/C11H10N2S/c1-2-8-5-7-3-4-10(13)9(6-12)11(7)14-8/h3-5H,2,13H2,1H3. The summed E-state index contributed by atoms with van der Waals surface area (Å²) in [5.41, 5.74) is 6.92. The van der Waals surface area contributed by atoms with Gasteiger partial charge in [0.25, 0.3) is 0 Å². The third-order valence-electron chi connectivity index (χ3n) is 2.23. The molecule has 0 saturated carbocycles. The molecule has 2 rings (SSSR count). The Bertz CT molecular complexity index is 520. The van der Waals surface area contributed by atoms with E-state index in [1.54, 1.807) is 17.4 Å². The molecule has 0 aliphatic rings. The Kier molecular flexibility index (Phi) is 2.14. The van der Waals surface area contributed by atoms with Crippen molar-refractivity contribution >= 4 is 27.1 Å². The first-order valence-corrected chi connectivity index (χ1v) is 5.29. The number of nitrogen functional groups attached to an aromatic ring is 1. The van der Waals surface area contributed by atoms with Crippen molar-refractivity contribution in [1.82, 2.24) is 0 Å². The lowest BCUT2D eigenvalue weighted by Gasteiger charge is -1.96. The van der Waals surface area contributed by atoms with Crippen molar-refractivity contribution in [2.24, 2.45) is 0 Å². The van der Waals surface area contributed by atoms with Gasteiger partial charge >= 0.3 is 0 Å². The molecule has 0 fully saturated rings. The zero-order chi connectivity index (χ0) is 10.1. The van der Waals surface area contributed by atoms with Crippen LogP contribution in [-0.2, 0) is 6.42 Å². The zero-order valence-electron chi connectivity index (χ0n) is 7.87. The quantitative estimate of drug-likeness (QED) is 0.723. The molecule has 1 aromatic heterocycles. The first-order valence-electron chi connectivity index (χ1n) is 4.47. The van der Waals surface area contributed by atoms with Gasteiger partial charge in [0.15, 0.2) is 0 Å². The maximum Gasteiger partial charge on any atom is 0.103 e. The number of nitrogens with zero attached hydrogens (tertiary/aromatic N) is 1. The number of fused-ring (bicyclic) bond motifs is 1. The van der Waals surface area contributed by atoms with Crippen LogP contribution in [0.15, 0.2) is 18.2 Å². The Morgan fingerprint density at radius 3 is 2.93 bits per heavy atom. The molecule has 14 heavy (non-hydrogen) atoms. The van der Waals surface area contributed by atoms with E-state index >= 15 is 0 Å². The van der Waals surface area contributed by atoms with Crippen LogP contribution in [0.1, 0.15) is 17.4 Å². The molecule has 2 N–H and O–H groups in total. The molecule has 0 unspecified atom stereocenters. The molecule has 3 heteroatoms. The Balaban J connectivity index is 2.81. The van der Waals surface area contributed by atoms with Crippen LogP contribution in [0.4, 0.5) is 5.69 Å². The molecule has 0 radical (unpaired) electrons. The van der Waals surface area contributed by atoms with Crippen LogP contribution < -0.4 is 5.73 Å². The number of aryl methyl sites for hydroxylation is 1. The molecular formula is C11H10N2S. The van der Waals surface area contributed by atoms with Crippen LogP contribution in [0.25, 0.3) is 10.1 Å². The Labute approximate surface area is 86.6 Å². The highest BCUT2D eigenvalue weighted by molar-refractivity contribution is 7.19. The fraction of sp³-hybridized carbons (Fsp3) is 0.182. The minimum atomic E-state index is 0.574. The van der Waals surface area contributed by atoms with Gasteiger partial charge in [-0.2, -0.15) is 5.26 Å². The second-order valence-electron chi connectivity index (χ2n) is 3.13. The third-order valence-corrected chi connectivity index (χ3v) is 3.54. The lowest BCUT2D eigenvalue weighted by Crippen LogP contribution is -1.88. The number of thiophene rings is 1. The number of anilines is 1. The van der Waals surface area contributed by atoms with Crippen molar-refractivity contribution in [3.05, 3.63) is 28.6 Å². The van der Waals surface area contributed by atoms with E-state index in [1.807, 2.05) is 6.07 Å². The summed E-state index contributed by atoms with van der Waals surface area (Å²) in [6.45, 7) is 2.11. The van der Waals surface area contributed by atoms with Crippen molar-refractivity contribution in [1.29, 1.82) is 5.26 Å². The van der Waals surface area contributed by atoms with E-state index < -0.39 is 0 Å². The van der Waals surface area contributed by atoms with E-state index in [2.05, 4.69) is 19.1 Å². The van der Waals surface area contributed by atoms with Gasteiger partial charge in [-0.25, -0.2) is 0 Å². The summed E-state index contributed by atoms with van der Waals surface area (Å²) < 4.78 is 1.02. The first kappa shape index (κ1) is 9.04. The molecule has 0 amide bonds. The molecule has 0 aliphatic heterocycles. The maximum absolute atomic E-state index is 8.98. The van der Waals surface area contributed by atoms with Gasteiger partial charge in [-0.05, 0) is 23.9 Å². The van der Waals surface area contributed by atoms with Crippen LogP contribution in [0.3, 0.4) is 0 Å². The summed E-state index contributed by atoms with van der Waals surface area (Å²) in [5.74, 6) is 0. The summed E-state index contributed by atoms with van der Waals surface area (Å²) in [6, 6.07) is 8.06. The van der Waals surface area contributed by atoms with E-state index in [0.717, 1.165) is 16.5 Å². The lowest BCUT2D eigenvalue weighted by atomic mass is 10.1. The van der Waals surface area contributed by atoms with E-state index in [4.69, 9.17) is 11.0 Å². The van der Waals surface area contributed by atoms with Crippen molar-refractivity contribution in [3.8, 4) is 6.07 Å². The lowest BCUT2D eigenvalue weighted by molar-refractivity contribution is 1.19. The molecule has 70 valence electrons. The van der Waals surface area contributed by atoms with Crippen molar-refractivity contribution in [2.45, 2.75) is 13.3 Å². The van der Waals surface area contributed by atoms with Crippen molar-refractivity contribution in [3.63, 3.8) is 0 Å². The normalized spacial score (nSPS) is 10.3. The summed E-state index contributed by atoms with van der Waals surface area (Å²) >= 11 is 1.66. The van der Waals surface area contributed by atoms with Gasteiger partial charge in [0.2, 0.25) is 0 Å². The molecule has 0 saturated heterocycles. The Hall–Kier alpha value is -1.53. The van der Waals surface area contributed by atoms with Crippen LogP contribution in [0, 0.1) is 11.3 Å². The number of hydrogen-bond donors (Lipinski definition) is 1. The Morgan fingerprint density at radius 2 is 2.29 bits per heavy atom. The fourth-order valence-electron chi connectivity index (χ4n) is 1.46. The van der Waals surface area contributed by atoms with Crippen LogP contribution in [-0.4, -0.2) is 0 Å². The number of benzene rings is 1. The fourth-order valence-corrected chi connectivity index (χ4v) is 2.56. The van der Waals surface area contributed by atoms with Gasteiger partial charge in [-0.1, -0.05) is 13.0 Å². The predicted molar refractivity (Wildman–Crippen MR) is 60.3 cm³/mol. The largest absolute Gasteiger partial charge is 0.398 e. The first-order chi connectivity index (χ1) is 6.76. The molecule has 2 aromatic rings. The second kappa shape index (κ2) is 3.32. The minimum absolute atomic E-state index is 0.574. The van der Waals surface area contributed by atoms with Crippen molar-refractivity contribution < 1.29 is 0 Å². The van der Waals surface area contributed by atoms with Crippen LogP contribution >= 0.6 is 11.3 Å². The topological polar surface area (TPSA) is 49.8 Å². The van der Waals surface area contributed by atoms with Gasteiger partial charge in [0, 0.05) is 4.88 Å². The Morgan fingerprint density at radius 1 is 1.50 bits per heavy atom. The SMILES string of the molecule is CCc1cc2ccc(N)c(C#N)c2s1. The molecule has 0 spiro atoms. The van der Waals surface area contributed by atoms with Crippen LogP contribution in [0.2, 0.25) is 0 Å². The molecule has 1 heterocycles. The molecular weight excluding hydrogens is 192 g/mol. The second-order valence-corrected chi connectivity index (χ2v) is 4.26. The summed E-state index contributed by atoms with van der Waals surface area (Å²) in [6.07, 6.45) is 1.00. The zero-order valence-corrected chi connectivity index (χ0v) is 8.69. The predicted octanol–water partition coefficient (Wildman–Crippen LogP) is 2.92. The average Bonchev–Trinajstić information content (AvgIpc) is 2.60. The molecule has 0 atom stereocenters. The highest BCUT2D eigenvalue weighted by Gasteiger charge is 2.07.